The molecule has 9 heteroatoms. The summed E-state index contributed by atoms with van der Waals surface area (Å²) >= 11 is 0. The van der Waals surface area contributed by atoms with Crippen molar-refractivity contribution in [2.75, 3.05) is 0 Å². The molecule has 7 unspecified atom stereocenters. The van der Waals surface area contributed by atoms with Crippen molar-refractivity contribution in [1.82, 2.24) is 10.6 Å². The lowest BCUT2D eigenvalue weighted by atomic mass is 9.88. The normalized spacial score (nSPS) is 29.7. The zero-order valence-corrected chi connectivity index (χ0v) is 17.4. The zero-order chi connectivity index (χ0) is 21.4. The highest BCUT2D eigenvalue weighted by Gasteiger charge is 2.33. The standard InChI is InChI=1S/C20H35N5O4/c1-3-15-8-17(23-10-22-15)9-16(24-11-26)7-14(21)5-13(20(28)29)6-18-4-12(2)19(27)25-18/h10-18H,3-9,21H2,1-2H3,(H,22,23)(H,24,26)(H,25,27)(H,28,29)/p+1. The minimum absolute atomic E-state index is 0.0191. The predicted octanol–water partition coefficient (Wildman–Crippen LogP) is -0.643. The van der Waals surface area contributed by atoms with Crippen LogP contribution in [0.3, 0.4) is 0 Å². The maximum Gasteiger partial charge on any atom is 0.306 e. The summed E-state index contributed by atoms with van der Waals surface area (Å²) in [5, 5.41) is 17.4. The summed E-state index contributed by atoms with van der Waals surface area (Å²) in [5.41, 5.74) is 6.28. The van der Waals surface area contributed by atoms with Gasteiger partial charge in [-0.3, -0.25) is 14.4 Å². The van der Waals surface area contributed by atoms with Crippen LogP contribution in [0.5, 0.6) is 0 Å². The summed E-state index contributed by atoms with van der Waals surface area (Å²) in [5.74, 6) is -1.62. The number of hydrogen-bond acceptors (Lipinski definition) is 5. The summed E-state index contributed by atoms with van der Waals surface area (Å²) in [4.78, 5) is 39.0. The van der Waals surface area contributed by atoms with Gasteiger partial charge in [-0.2, -0.15) is 0 Å². The number of quaternary nitrogens is 1. The number of carbonyl (C=O) groups excluding carboxylic acids is 2. The minimum atomic E-state index is -0.896. The average Bonchev–Trinajstić information content (AvgIpc) is 2.98. The van der Waals surface area contributed by atoms with Crippen LogP contribution >= 0.6 is 0 Å². The SMILES string of the molecule is CCC1CC(CC(CC(N)CC(CC2CC(C)C(=O)N2)C(=O)O)NC=O)N=C[NH2+]1. The number of aliphatic carboxylic acids is 1. The molecule has 2 aliphatic heterocycles. The van der Waals surface area contributed by atoms with Gasteiger partial charge in [0.1, 0.15) is 0 Å². The molecule has 0 spiro atoms. The van der Waals surface area contributed by atoms with E-state index in [1.54, 1.807) is 0 Å². The van der Waals surface area contributed by atoms with E-state index in [4.69, 9.17) is 5.73 Å². The van der Waals surface area contributed by atoms with Gasteiger partial charge in [-0.05, 0) is 38.5 Å². The van der Waals surface area contributed by atoms with Crippen molar-refractivity contribution in [3.8, 4) is 0 Å². The quantitative estimate of drug-likeness (QED) is 0.271. The van der Waals surface area contributed by atoms with Gasteiger partial charge < -0.3 is 26.8 Å². The van der Waals surface area contributed by atoms with E-state index in [1.165, 1.54) is 0 Å². The number of carboxylic acids is 1. The fourth-order valence-electron chi connectivity index (χ4n) is 4.46. The Morgan fingerprint density at radius 2 is 2.21 bits per heavy atom. The van der Waals surface area contributed by atoms with Crippen molar-refractivity contribution < 1.29 is 24.8 Å². The first-order valence-electron chi connectivity index (χ1n) is 10.7. The monoisotopic (exact) mass is 410 g/mol. The summed E-state index contributed by atoms with van der Waals surface area (Å²) in [7, 11) is 0. The molecule has 0 bridgehead atoms. The van der Waals surface area contributed by atoms with Crippen LogP contribution in [0.1, 0.15) is 58.8 Å². The topological polar surface area (TPSA) is 150 Å². The molecule has 7 N–H and O–H groups in total. The zero-order valence-electron chi connectivity index (χ0n) is 17.4. The highest BCUT2D eigenvalue weighted by atomic mass is 16.4. The lowest BCUT2D eigenvalue weighted by Gasteiger charge is -2.27. The number of aliphatic imine (C=N–C) groups is 1. The number of rotatable bonds is 12. The van der Waals surface area contributed by atoms with Gasteiger partial charge in [0, 0.05) is 30.5 Å². The van der Waals surface area contributed by atoms with Gasteiger partial charge >= 0.3 is 5.97 Å². The maximum absolute atomic E-state index is 11.7. The molecule has 0 aromatic carbocycles. The molecule has 0 aromatic heterocycles. The molecule has 0 saturated carbocycles. The molecule has 0 aromatic rings. The Hall–Kier alpha value is -2.00. The maximum atomic E-state index is 11.7. The Morgan fingerprint density at radius 3 is 2.79 bits per heavy atom. The van der Waals surface area contributed by atoms with E-state index in [2.05, 4.69) is 27.9 Å². The van der Waals surface area contributed by atoms with Crippen LogP contribution in [0.25, 0.3) is 0 Å². The second-order valence-electron chi connectivity index (χ2n) is 8.61. The molecule has 9 nitrogen and oxygen atoms in total. The van der Waals surface area contributed by atoms with E-state index in [9.17, 15) is 19.5 Å². The minimum Gasteiger partial charge on any atom is -0.481 e. The van der Waals surface area contributed by atoms with E-state index in [1.807, 2.05) is 13.3 Å². The number of amides is 2. The first kappa shape index (κ1) is 23.3. The molecule has 7 atom stereocenters. The van der Waals surface area contributed by atoms with Crippen LogP contribution in [0.15, 0.2) is 4.99 Å². The number of carboxylic acid groups (broad SMARTS) is 1. The van der Waals surface area contributed by atoms with Gasteiger partial charge in [0.15, 0.2) is 6.34 Å². The Balaban J connectivity index is 1.88. The Kier molecular flexibility index (Phi) is 9.03. The van der Waals surface area contributed by atoms with E-state index in [-0.39, 0.29) is 36.0 Å². The molecule has 2 rings (SSSR count). The van der Waals surface area contributed by atoms with Gasteiger partial charge in [0.2, 0.25) is 12.3 Å². The highest BCUT2D eigenvalue weighted by molar-refractivity contribution is 5.81. The number of nitrogens with zero attached hydrogens (tertiary/aromatic N) is 1. The molecule has 1 fully saturated rings. The van der Waals surface area contributed by atoms with E-state index in [0.29, 0.717) is 44.6 Å². The molecular weight excluding hydrogens is 374 g/mol. The third-order valence-electron chi connectivity index (χ3n) is 6.14. The van der Waals surface area contributed by atoms with Gasteiger partial charge in [-0.25, -0.2) is 4.99 Å². The van der Waals surface area contributed by atoms with Crippen LogP contribution in [0, 0.1) is 11.8 Å². The second-order valence-corrected chi connectivity index (χ2v) is 8.61. The molecule has 0 aliphatic carbocycles. The number of nitrogens with one attached hydrogen (secondary N) is 2. The lowest BCUT2D eigenvalue weighted by Crippen LogP contribution is -2.90. The van der Waals surface area contributed by atoms with E-state index in [0.717, 1.165) is 12.8 Å². The lowest BCUT2D eigenvalue weighted by molar-refractivity contribution is -0.578. The smallest absolute Gasteiger partial charge is 0.306 e. The van der Waals surface area contributed by atoms with Crippen molar-refractivity contribution in [3.63, 3.8) is 0 Å². The first-order valence-corrected chi connectivity index (χ1v) is 10.7. The summed E-state index contributed by atoms with van der Waals surface area (Å²) in [6, 6.07) is 0.0297. The summed E-state index contributed by atoms with van der Waals surface area (Å²) in [6.45, 7) is 4.00. The van der Waals surface area contributed by atoms with Gasteiger partial charge in [-0.15, -0.1) is 0 Å². The molecule has 2 aliphatic rings. The fraction of sp³-hybridized carbons (Fsp3) is 0.800. The molecule has 29 heavy (non-hydrogen) atoms. The van der Waals surface area contributed by atoms with Crippen LogP contribution in [-0.4, -0.2) is 59.9 Å². The Bertz CT molecular complexity index is 599. The van der Waals surface area contributed by atoms with Gasteiger partial charge in [0.25, 0.3) is 0 Å². The third kappa shape index (κ3) is 7.40. The molecule has 2 heterocycles. The van der Waals surface area contributed by atoms with Crippen molar-refractivity contribution in [1.29, 1.82) is 0 Å². The largest absolute Gasteiger partial charge is 0.481 e. The molecule has 164 valence electrons. The third-order valence-corrected chi connectivity index (χ3v) is 6.14. The predicted molar refractivity (Wildman–Crippen MR) is 109 cm³/mol. The Morgan fingerprint density at radius 1 is 1.45 bits per heavy atom. The van der Waals surface area contributed by atoms with Crippen LogP contribution in [0.2, 0.25) is 0 Å². The first-order chi connectivity index (χ1) is 13.8. The van der Waals surface area contributed by atoms with E-state index >= 15 is 0 Å². The van der Waals surface area contributed by atoms with Crippen molar-refractivity contribution in [3.05, 3.63) is 0 Å². The number of hydrogen-bond donors (Lipinski definition) is 5. The average molecular weight is 411 g/mol. The van der Waals surface area contributed by atoms with Crippen molar-refractivity contribution >= 4 is 24.6 Å². The summed E-state index contributed by atoms with van der Waals surface area (Å²) in [6.07, 6.45) is 7.10. The van der Waals surface area contributed by atoms with E-state index < -0.39 is 11.9 Å². The van der Waals surface area contributed by atoms with Gasteiger partial charge in [-0.1, -0.05) is 13.8 Å². The van der Waals surface area contributed by atoms with Crippen LogP contribution < -0.4 is 21.7 Å². The fourth-order valence-corrected chi connectivity index (χ4v) is 4.46. The highest BCUT2D eigenvalue weighted by Crippen LogP contribution is 2.24. The van der Waals surface area contributed by atoms with Crippen molar-refractivity contribution in [2.45, 2.75) is 89.0 Å². The van der Waals surface area contributed by atoms with Crippen LogP contribution in [-0.2, 0) is 14.4 Å². The molecule has 0 radical (unpaired) electrons. The molecule has 2 amide bonds. The number of nitrogens with two attached hydrogens (primary N) is 2. The van der Waals surface area contributed by atoms with Crippen molar-refractivity contribution in [2.24, 2.45) is 22.6 Å². The Labute approximate surface area is 172 Å². The number of carbonyl (C=O) groups is 3. The second kappa shape index (κ2) is 11.3. The summed E-state index contributed by atoms with van der Waals surface area (Å²) < 4.78 is 0. The van der Waals surface area contributed by atoms with Crippen LogP contribution in [0.4, 0.5) is 0 Å². The van der Waals surface area contributed by atoms with Gasteiger partial charge in [0.05, 0.1) is 18.0 Å². The molecule has 1 saturated heterocycles. The molecular formula is C20H36N5O4+.